The van der Waals surface area contributed by atoms with Crippen LogP contribution in [-0.4, -0.2) is 58.5 Å². The number of nitrogens with zero attached hydrogens (tertiary/aromatic N) is 2. The van der Waals surface area contributed by atoms with Crippen molar-refractivity contribution in [2.24, 2.45) is 0 Å². The average molecular weight is 394 g/mol. The number of ether oxygens (including phenoxy) is 1. The quantitative estimate of drug-likeness (QED) is 0.317. The summed E-state index contributed by atoms with van der Waals surface area (Å²) in [6.07, 6.45) is -0.235. The van der Waals surface area contributed by atoms with Crippen LogP contribution in [0.5, 0.6) is 0 Å². The number of para-hydroxylation sites is 1. The Kier molecular flexibility index (Phi) is 6.77. The van der Waals surface area contributed by atoms with Crippen LogP contribution in [0.25, 0.3) is 0 Å². The molecule has 2 rings (SSSR count). The molecule has 1 atom stereocenters. The molecule has 2 amide bonds. The number of carbonyl (C=O) groups is 3. The lowest BCUT2D eigenvalue weighted by atomic mass is 10.1. The van der Waals surface area contributed by atoms with Crippen LogP contribution < -0.4 is 10.6 Å². The van der Waals surface area contributed by atoms with Crippen molar-refractivity contribution in [3.8, 4) is 0 Å². The molecule has 1 unspecified atom stereocenters. The summed E-state index contributed by atoms with van der Waals surface area (Å²) < 4.78 is 4.86. The van der Waals surface area contributed by atoms with Gasteiger partial charge in [0.25, 0.3) is 11.6 Å². The number of hydrogen-bond acceptors (Lipinski definition) is 7. The second-order valence-corrected chi connectivity index (χ2v) is 5.93. The second kappa shape index (κ2) is 9.03. The molecule has 0 bridgehead atoms. The van der Waals surface area contributed by atoms with Crippen molar-refractivity contribution in [3.05, 3.63) is 39.9 Å². The van der Waals surface area contributed by atoms with Gasteiger partial charge in [0.1, 0.15) is 11.6 Å². The molecule has 1 saturated heterocycles. The number of carbonyl (C=O) groups excluding carboxylic acids is 3. The van der Waals surface area contributed by atoms with E-state index in [1.165, 1.54) is 29.2 Å². The summed E-state index contributed by atoms with van der Waals surface area (Å²) in [6.45, 7) is 2.37. The monoisotopic (exact) mass is 394 g/mol. The Morgan fingerprint density at radius 1 is 1.44 bits per heavy atom. The maximum atomic E-state index is 12.4. The van der Waals surface area contributed by atoms with Crippen molar-refractivity contribution in [3.63, 3.8) is 0 Å². The van der Waals surface area contributed by atoms with Crippen molar-refractivity contribution in [1.29, 1.82) is 0 Å². The van der Waals surface area contributed by atoms with Crippen molar-refractivity contribution >= 4 is 40.8 Å². The van der Waals surface area contributed by atoms with Crippen molar-refractivity contribution < 1.29 is 24.0 Å². The van der Waals surface area contributed by atoms with Crippen LogP contribution in [0.15, 0.2) is 24.3 Å². The molecule has 0 radical (unpaired) electrons. The van der Waals surface area contributed by atoms with Crippen LogP contribution in [0.1, 0.15) is 23.7 Å². The van der Waals surface area contributed by atoms with Crippen LogP contribution in [0, 0.1) is 10.1 Å². The van der Waals surface area contributed by atoms with Gasteiger partial charge in [0.2, 0.25) is 5.91 Å². The summed E-state index contributed by atoms with van der Waals surface area (Å²) >= 11 is 5.20. The first-order valence-corrected chi connectivity index (χ1v) is 8.54. The molecule has 0 spiro atoms. The predicted octanol–water partition coefficient (Wildman–Crippen LogP) is 0.363. The Labute approximate surface area is 160 Å². The highest BCUT2D eigenvalue weighted by Crippen LogP contribution is 2.18. The van der Waals surface area contributed by atoms with E-state index in [0.29, 0.717) is 0 Å². The number of thiocarbonyl (C=S) groups is 1. The third-order valence-electron chi connectivity index (χ3n) is 3.82. The van der Waals surface area contributed by atoms with Gasteiger partial charge in [-0.2, -0.15) is 0 Å². The van der Waals surface area contributed by atoms with Crippen molar-refractivity contribution in [1.82, 2.24) is 15.5 Å². The zero-order valence-electron chi connectivity index (χ0n) is 14.5. The summed E-state index contributed by atoms with van der Waals surface area (Å²) in [5.41, 5.74) is -0.523. The van der Waals surface area contributed by atoms with Gasteiger partial charge in [-0.3, -0.25) is 29.8 Å². The molecule has 1 heterocycles. The smallest absolute Gasteiger partial charge is 0.308 e. The van der Waals surface area contributed by atoms with E-state index in [1.807, 2.05) is 0 Å². The highest BCUT2D eigenvalue weighted by molar-refractivity contribution is 7.80. The minimum absolute atomic E-state index is 0.0951. The molecule has 0 aliphatic carbocycles. The van der Waals surface area contributed by atoms with Gasteiger partial charge in [-0.1, -0.05) is 12.1 Å². The molecule has 0 saturated carbocycles. The fraction of sp³-hybridized carbons (Fsp3) is 0.375. The number of nitro benzene ring substituents is 1. The van der Waals surface area contributed by atoms with E-state index in [9.17, 15) is 24.5 Å². The van der Waals surface area contributed by atoms with Crippen LogP contribution in [-0.2, 0) is 14.3 Å². The number of nitrogens with one attached hydrogen (secondary N) is 2. The minimum Gasteiger partial charge on any atom is -0.466 e. The number of rotatable bonds is 5. The standard InChI is InChI=1S/C16H18N4O6S/c1-2-26-13(21)9-12-15(23)17-7-8-19(12)16(27)18-14(22)10-5-3-4-6-11(10)20(24)25/h3-6,12H,2,7-9H2,1H3,(H,17,23)(H,18,22,27). The Balaban J connectivity index is 2.15. The normalized spacial score (nSPS) is 16.3. The Hall–Kier alpha value is -3.08. The minimum atomic E-state index is -0.934. The van der Waals surface area contributed by atoms with Gasteiger partial charge in [0.05, 0.1) is 18.0 Å². The number of hydrogen-bond donors (Lipinski definition) is 2. The molecule has 11 heteroatoms. The van der Waals surface area contributed by atoms with Gasteiger partial charge < -0.3 is 15.0 Å². The number of nitro groups is 1. The lowest BCUT2D eigenvalue weighted by Crippen LogP contribution is -2.60. The number of benzene rings is 1. The molecular formula is C16H18N4O6S. The zero-order chi connectivity index (χ0) is 20.0. The maximum Gasteiger partial charge on any atom is 0.308 e. The fourth-order valence-corrected chi connectivity index (χ4v) is 2.91. The van der Waals surface area contributed by atoms with Gasteiger partial charge in [-0.15, -0.1) is 0 Å². The van der Waals surface area contributed by atoms with Crippen LogP contribution in [0.2, 0.25) is 0 Å². The summed E-state index contributed by atoms with van der Waals surface area (Å²) in [5.74, 6) is -1.76. The third kappa shape index (κ3) is 4.97. The number of amides is 2. The lowest BCUT2D eigenvalue weighted by molar-refractivity contribution is -0.385. The highest BCUT2D eigenvalue weighted by atomic mass is 32.1. The Morgan fingerprint density at radius 3 is 2.81 bits per heavy atom. The lowest BCUT2D eigenvalue weighted by Gasteiger charge is -2.36. The Morgan fingerprint density at radius 2 is 2.15 bits per heavy atom. The molecular weight excluding hydrogens is 376 g/mol. The molecule has 0 aromatic heterocycles. The molecule has 1 aliphatic heterocycles. The van der Waals surface area contributed by atoms with Gasteiger partial charge >= 0.3 is 5.97 Å². The molecule has 1 aliphatic rings. The fourth-order valence-electron chi connectivity index (χ4n) is 2.60. The van der Waals surface area contributed by atoms with E-state index in [2.05, 4.69) is 10.6 Å². The topological polar surface area (TPSA) is 131 Å². The molecule has 1 aromatic rings. The summed E-state index contributed by atoms with van der Waals surface area (Å²) in [5, 5.41) is 16.0. The maximum absolute atomic E-state index is 12.4. The first-order chi connectivity index (χ1) is 12.8. The van der Waals surface area contributed by atoms with Crippen LogP contribution >= 0.6 is 12.2 Å². The van der Waals surface area contributed by atoms with Gasteiger partial charge in [0.15, 0.2) is 5.11 Å². The first kappa shape index (κ1) is 20.2. The van der Waals surface area contributed by atoms with E-state index in [4.69, 9.17) is 17.0 Å². The Bertz CT molecular complexity index is 784. The predicted molar refractivity (Wildman–Crippen MR) is 97.9 cm³/mol. The van der Waals surface area contributed by atoms with E-state index >= 15 is 0 Å². The van der Waals surface area contributed by atoms with Gasteiger partial charge in [-0.25, -0.2) is 0 Å². The molecule has 1 aromatic carbocycles. The average Bonchev–Trinajstić information content (AvgIpc) is 2.63. The molecule has 144 valence electrons. The number of piperazine rings is 1. The molecule has 27 heavy (non-hydrogen) atoms. The molecule has 10 nitrogen and oxygen atoms in total. The van der Waals surface area contributed by atoms with E-state index < -0.39 is 28.7 Å². The molecule has 2 N–H and O–H groups in total. The van der Waals surface area contributed by atoms with Gasteiger partial charge in [-0.05, 0) is 25.2 Å². The van der Waals surface area contributed by atoms with E-state index in [1.54, 1.807) is 6.92 Å². The second-order valence-electron chi connectivity index (χ2n) is 5.54. The summed E-state index contributed by atoms with van der Waals surface area (Å²) in [4.78, 5) is 48.1. The van der Waals surface area contributed by atoms with E-state index in [0.717, 1.165) is 0 Å². The van der Waals surface area contributed by atoms with Crippen LogP contribution in [0.3, 0.4) is 0 Å². The third-order valence-corrected chi connectivity index (χ3v) is 4.16. The van der Waals surface area contributed by atoms with Crippen LogP contribution in [0.4, 0.5) is 5.69 Å². The van der Waals surface area contributed by atoms with Crippen molar-refractivity contribution in [2.45, 2.75) is 19.4 Å². The number of esters is 1. The SMILES string of the molecule is CCOC(=O)CC1C(=O)NCCN1C(=S)NC(=O)c1ccccc1[N+](=O)[O-]. The van der Waals surface area contributed by atoms with Crippen molar-refractivity contribution in [2.75, 3.05) is 19.7 Å². The highest BCUT2D eigenvalue weighted by Gasteiger charge is 2.34. The first-order valence-electron chi connectivity index (χ1n) is 8.13. The largest absolute Gasteiger partial charge is 0.466 e. The summed E-state index contributed by atoms with van der Waals surface area (Å²) in [6, 6.07) is 4.50. The van der Waals surface area contributed by atoms with E-state index in [-0.39, 0.29) is 42.5 Å². The molecule has 1 fully saturated rings. The zero-order valence-corrected chi connectivity index (χ0v) is 15.3. The summed E-state index contributed by atoms with van der Waals surface area (Å²) in [7, 11) is 0. The van der Waals surface area contributed by atoms with Gasteiger partial charge in [0, 0.05) is 19.2 Å².